The van der Waals surface area contributed by atoms with Gasteiger partial charge in [0.25, 0.3) is 0 Å². The van der Waals surface area contributed by atoms with Crippen molar-refractivity contribution >= 4 is 11.9 Å². The Morgan fingerprint density at radius 2 is 1.94 bits per heavy atom. The Bertz CT molecular complexity index is 310. The number of amides is 1. The van der Waals surface area contributed by atoms with Crippen molar-refractivity contribution in [2.24, 2.45) is 17.3 Å². The van der Waals surface area contributed by atoms with E-state index in [0.717, 1.165) is 6.42 Å². The summed E-state index contributed by atoms with van der Waals surface area (Å²) in [6.45, 7) is 8.98. The highest BCUT2D eigenvalue weighted by atomic mass is 16.4. The van der Waals surface area contributed by atoms with Gasteiger partial charge in [0.2, 0.25) is 5.91 Å². The van der Waals surface area contributed by atoms with Crippen LogP contribution in [0.2, 0.25) is 0 Å². The molecule has 0 aromatic heterocycles. The molecule has 1 fully saturated rings. The Balaban J connectivity index is 2.73. The summed E-state index contributed by atoms with van der Waals surface area (Å²) < 4.78 is 0. The summed E-state index contributed by atoms with van der Waals surface area (Å²) in [5.74, 6) is -0.848. The molecule has 1 saturated heterocycles. The predicted molar refractivity (Wildman–Crippen MR) is 65.6 cm³/mol. The van der Waals surface area contributed by atoms with Gasteiger partial charge >= 0.3 is 5.97 Å². The SMILES string of the molecule is CC(C)C(C)(C)C(=O)N1CCCC(C(=O)O)C1. The number of nitrogens with zero attached hydrogens (tertiary/aromatic N) is 1. The molecule has 1 aliphatic rings. The van der Waals surface area contributed by atoms with Crippen molar-refractivity contribution in [1.82, 2.24) is 4.90 Å². The van der Waals surface area contributed by atoms with Crippen molar-refractivity contribution < 1.29 is 14.7 Å². The zero-order valence-electron chi connectivity index (χ0n) is 11.2. The lowest BCUT2D eigenvalue weighted by Crippen LogP contribution is -2.49. The molecular weight excluding hydrogens is 218 g/mol. The number of rotatable bonds is 3. The van der Waals surface area contributed by atoms with Crippen molar-refractivity contribution in [1.29, 1.82) is 0 Å². The van der Waals surface area contributed by atoms with Crippen LogP contribution >= 0.6 is 0 Å². The topological polar surface area (TPSA) is 57.6 Å². The van der Waals surface area contributed by atoms with Crippen molar-refractivity contribution in [3.63, 3.8) is 0 Å². The standard InChI is InChI=1S/C13H23NO3/c1-9(2)13(3,4)12(17)14-7-5-6-10(8-14)11(15)16/h9-10H,5-8H2,1-4H3,(H,15,16). The molecule has 0 aromatic carbocycles. The summed E-state index contributed by atoms with van der Waals surface area (Å²) in [5, 5.41) is 9.01. The van der Waals surface area contributed by atoms with Crippen LogP contribution in [-0.2, 0) is 9.59 Å². The van der Waals surface area contributed by atoms with E-state index in [1.165, 1.54) is 0 Å². The first-order valence-electron chi connectivity index (χ1n) is 6.29. The molecule has 1 amide bonds. The zero-order chi connectivity index (χ0) is 13.2. The molecule has 4 nitrogen and oxygen atoms in total. The first-order chi connectivity index (χ1) is 7.76. The first kappa shape index (κ1) is 14.0. The summed E-state index contributed by atoms with van der Waals surface area (Å²) in [7, 11) is 0. The van der Waals surface area contributed by atoms with Gasteiger partial charge in [-0.05, 0) is 18.8 Å². The smallest absolute Gasteiger partial charge is 0.308 e. The average Bonchev–Trinajstić information content (AvgIpc) is 2.27. The van der Waals surface area contributed by atoms with Crippen LogP contribution in [0.1, 0.15) is 40.5 Å². The third-order valence-electron chi connectivity index (χ3n) is 4.05. The van der Waals surface area contributed by atoms with Gasteiger partial charge in [0.1, 0.15) is 0 Å². The second kappa shape index (κ2) is 5.07. The summed E-state index contributed by atoms with van der Waals surface area (Å²) in [4.78, 5) is 25.1. The van der Waals surface area contributed by atoms with E-state index < -0.39 is 17.3 Å². The number of likely N-dealkylation sites (tertiary alicyclic amines) is 1. The van der Waals surface area contributed by atoms with Gasteiger partial charge < -0.3 is 10.0 Å². The lowest BCUT2D eigenvalue weighted by Gasteiger charge is -2.38. The van der Waals surface area contributed by atoms with E-state index in [4.69, 9.17) is 5.11 Å². The quantitative estimate of drug-likeness (QED) is 0.822. The third-order valence-corrected chi connectivity index (χ3v) is 4.05. The molecule has 1 atom stereocenters. The fourth-order valence-electron chi connectivity index (χ4n) is 2.02. The van der Waals surface area contributed by atoms with Gasteiger partial charge in [0, 0.05) is 18.5 Å². The lowest BCUT2D eigenvalue weighted by molar-refractivity contribution is -0.150. The monoisotopic (exact) mass is 241 g/mol. The van der Waals surface area contributed by atoms with Crippen molar-refractivity contribution in [3.05, 3.63) is 0 Å². The Morgan fingerprint density at radius 3 is 2.41 bits per heavy atom. The van der Waals surface area contributed by atoms with Crippen LogP contribution in [0.5, 0.6) is 0 Å². The molecule has 17 heavy (non-hydrogen) atoms. The molecule has 1 heterocycles. The van der Waals surface area contributed by atoms with E-state index in [0.29, 0.717) is 19.5 Å². The molecule has 0 spiro atoms. The molecule has 0 saturated carbocycles. The fraction of sp³-hybridized carbons (Fsp3) is 0.846. The molecule has 1 unspecified atom stereocenters. The normalized spacial score (nSPS) is 21.7. The summed E-state index contributed by atoms with van der Waals surface area (Å²) >= 11 is 0. The maximum Gasteiger partial charge on any atom is 0.308 e. The van der Waals surface area contributed by atoms with E-state index in [1.807, 2.05) is 27.7 Å². The largest absolute Gasteiger partial charge is 0.481 e. The first-order valence-corrected chi connectivity index (χ1v) is 6.29. The van der Waals surface area contributed by atoms with Crippen LogP contribution in [0, 0.1) is 17.3 Å². The maximum absolute atomic E-state index is 12.4. The predicted octanol–water partition coefficient (Wildman–Crippen LogP) is 1.99. The van der Waals surface area contributed by atoms with Gasteiger partial charge in [0.15, 0.2) is 0 Å². The molecule has 1 aliphatic heterocycles. The molecule has 0 bridgehead atoms. The highest BCUT2D eigenvalue weighted by Crippen LogP contribution is 2.30. The second-order valence-corrected chi connectivity index (χ2v) is 5.80. The van der Waals surface area contributed by atoms with E-state index in [9.17, 15) is 9.59 Å². The van der Waals surface area contributed by atoms with Crippen LogP contribution in [0.3, 0.4) is 0 Å². The number of carboxylic acids is 1. The number of carbonyl (C=O) groups is 2. The van der Waals surface area contributed by atoms with Crippen LogP contribution in [0.4, 0.5) is 0 Å². The molecular formula is C13H23NO3. The summed E-state index contributed by atoms with van der Waals surface area (Å²) in [5.41, 5.74) is -0.416. The average molecular weight is 241 g/mol. The van der Waals surface area contributed by atoms with Crippen LogP contribution in [0.25, 0.3) is 0 Å². The molecule has 0 aliphatic carbocycles. The molecule has 1 N–H and O–H groups in total. The number of carbonyl (C=O) groups excluding carboxylic acids is 1. The third kappa shape index (κ3) is 2.99. The van der Waals surface area contributed by atoms with Gasteiger partial charge in [-0.2, -0.15) is 0 Å². The Labute approximate surface area is 103 Å². The van der Waals surface area contributed by atoms with Crippen molar-refractivity contribution in [2.45, 2.75) is 40.5 Å². The van der Waals surface area contributed by atoms with Crippen molar-refractivity contribution in [2.75, 3.05) is 13.1 Å². The minimum atomic E-state index is -0.787. The molecule has 0 aromatic rings. The second-order valence-electron chi connectivity index (χ2n) is 5.80. The number of piperidine rings is 1. The Morgan fingerprint density at radius 1 is 1.35 bits per heavy atom. The van der Waals surface area contributed by atoms with Crippen LogP contribution < -0.4 is 0 Å². The highest BCUT2D eigenvalue weighted by Gasteiger charge is 2.37. The molecule has 4 heteroatoms. The fourth-order valence-corrected chi connectivity index (χ4v) is 2.02. The number of hydrogen-bond donors (Lipinski definition) is 1. The molecule has 98 valence electrons. The van der Waals surface area contributed by atoms with Crippen LogP contribution in [-0.4, -0.2) is 35.0 Å². The molecule has 0 radical (unpaired) electrons. The summed E-state index contributed by atoms with van der Waals surface area (Å²) in [6.07, 6.45) is 1.47. The number of aliphatic carboxylic acids is 1. The van der Waals surface area contributed by atoms with E-state index in [2.05, 4.69) is 0 Å². The van der Waals surface area contributed by atoms with E-state index in [1.54, 1.807) is 4.90 Å². The Hall–Kier alpha value is -1.06. The van der Waals surface area contributed by atoms with Gasteiger partial charge in [-0.3, -0.25) is 9.59 Å². The van der Waals surface area contributed by atoms with E-state index >= 15 is 0 Å². The molecule has 1 rings (SSSR count). The van der Waals surface area contributed by atoms with Gasteiger partial charge in [0.05, 0.1) is 5.92 Å². The zero-order valence-corrected chi connectivity index (χ0v) is 11.2. The number of hydrogen-bond acceptors (Lipinski definition) is 2. The van der Waals surface area contributed by atoms with Crippen LogP contribution in [0.15, 0.2) is 0 Å². The van der Waals surface area contributed by atoms with Gasteiger partial charge in [-0.1, -0.05) is 27.7 Å². The lowest BCUT2D eigenvalue weighted by atomic mass is 9.79. The minimum absolute atomic E-state index is 0.0819. The van der Waals surface area contributed by atoms with Gasteiger partial charge in [-0.15, -0.1) is 0 Å². The highest BCUT2D eigenvalue weighted by molar-refractivity contribution is 5.83. The van der Waals surface area contributed by atoms with Crippen molar-refractivity contribution in [3.8, 4) is 0 Å². The Kier molecular flexibility index (Phi) is 4.17. The maximum atomic E-state index is 12.4. The summed E-state index contributed by atoms with van der Waals surface area (Å²) in [6, 6.07) is 0. The van der Waals surface area contributed by atoms with Gasteiger partial charge in [-0.25, -0.2) is 0 Å². The number of carboxylic acid groups (broad SMARTS) is 1. The van der Waals surface area contributed by atoms with E-state index in [-0.39, 0.29) is 11.8 Å². The minimum Gasteiger partial charge on any atom is -0.481 e.